The molecule has 0 radical (unpaired) electrons. The highest BCUT2D eigenvalue weighted by molar-refractivity contribution is 5.85. The maximum atomic E-state index is 7.33. The van der Waals surface area contributed by atoms with Crippen LogP contribution in [0.15, 0.2) is 18.2 Å². The summed E-state index contributed by atoms with van der Waals surface area (Å²) >= 11 is 0. The fourth-order valence-corrected chi connectivity index (χ4v) is 4.97. The van der Waals surface area contributed by atoms with Crippen molar-refractivity contribution in [2.75, 3.05) is 13.6 Å². The van der Waals surface area contributed by atoms with E-state index in [4.69, 9.17) is 8.85 Å². The number of hydrogen-bond acceptors (Lipinski definition) is 2. The first-order chi connectivity index (χ1) is 10.5. The van der Waals surface area contributed by atoms with Gasteiger partial charge in [0.1, 0.15) is 5.75 Å². The van der Waals surface area contributed by atoms with Crippen molar-refractivity contribution in [3.8, 4) is 5.75 Å². The van der Waals surface area contributed by atoms with Gasteiger partial charge in [0, 0.05) is 11.5 Å². The molecule has 4 rings (SSSR count). The first-order valence-corrected chi connectivity index (χ1v) is 7.54. The van der Waals surface area contributed by atoms with Crippen molar-refractivity contribution in [1.29, 1.82) is 0 Å². The van der Waals surface area contributed by atoms with Gasteiger partial charge in [-0.3, -0.25) is 0 Å². The van der Waals surface area contributed by atoms with E-state index >= 15 is 0 Å². The Hall–Kier alpha value is -0.730. The van der Waals surface area contributed by atoms with Gasteiger partial charge in [0.05, 0.1) is 11.2 Å². The number of nitrogens with one attached hydrogen (secondary N) is 1. The summed E-state index contributed by atoms with van der Waals surface area (Å²) in [7, 11) is -2.37. The summed E-state index contributed by atoms with van der Waals surface area (Å²) in [5.41, 5.74) is 3.00. The largest absolute Gasteiger partial charge is 0.497 e. The zero-order valence-corrected chi connectivity index (χ0v) is 12.5. The Morgan fingerprint density at radius 3 is 3.20 bits per heavy atom. The van der Waals surface area contributed by atoms with Gasteiger partial charge in [0.15, 0.2) is 0 Å². The van der Waals surface area contributed by atoms with E-state index in [1.165, 1.54) is 43.2 Å². The van der Waals surface area contributed by atoms with Gasteiger partial charge in [-0.05, 0) is 61.4 Å². The second kappa shape index (κ2) is 5.23. The smallest absolute Gasteiger partial charge is 0.119 e. The summed E-state index contributed by atoms with van der Waals surface area (Å²) in [6, 6.07) is 6.53. The number of ether oxygens (including phenoxy) is 1. The molecule has 0 aromatic heterocycles. The summed E-state index contributed by atoms with van der Waals surface area (Å²) in [4.78, 5) is 0. The fraction of sp³-hybridized carbons (Fsp3) is 0.647. The predicted octanol–water partition coefficient (Wildman–Crippen LogP) is 3.46. The molecular weight excluding hydrogens is 270 g/mol. The summed E-state index contributed by atoms with van der Waals surface area (Å²) in [6.45, 7) is 1.07. The van der Waals surface area contributed by atoms with Gasteiger partial charge < -0.3 is 10.1 Å². The quantitative estimate of drug-likeness (QED) is 0.857. The van der Waals surface area contributed by atoms with Gasteiger partial charge in [0.25, 0.3) is 0 Å². The molecule has 20 heavy (non-hydrogen) atoms. The molecule has 2 bridgehead atoms. The Bertz CT molecular complexity index is 588. The highest BCUT2D eigenvalue weighted by Crippen LogP contribution is 2.54. The van der Waals surface area contributed by atoms with E-state index in [9.17, 15) is 0 Å². The SMILES string of the molecule is Cl.[2H]C([2H])([2H])Oc1ccc2c(c1)[C@@]13CCCC[C@H]1[C@@H](C2)NCC3. The van der Waals surface area contributed by atoms with Crippen LogP contribution in [0.3, 0.4) is 0 Å². The van der Waals surface area contributed by atoms with E-state index in [0.29, 0.717) is 17.7 Å². The van der Waals surface area contributed by atoms with E-state index in [1.807, 2.05) is 12.1 Å². The summed E-state index contributed by atoms with van der Waals surface area (Å²) in [6.07, 6.45) is 7.37. The molecule has 1 N–H and O–H groups in total. The minimum absolute atomic E-state index is 0. The van der Waals surface area contributed by atoms with E-state index in [0.717, 1.165) is 13.0 Å². The van der Waals surface area contributed by atoms with Crippen LogP contribution in [-0.2, 0) is 11.8 Å². The molecule has 3 atom stereocenters. The van der Waals surface area contributed by atoms with Crippen molar-refractivity contribution in [3.63, 3.8) is 0 Å². The van der Waals surface area contributed by atoms with Gasteiger partial charge in [-0.25, -0.2) is 0 Å². The van der Waals surface area contributed by atoms with Crippen LogP contribution in [0.4, 0.5) is 0 Å². The number of methoxy groups -OCH3 is 1. The van der Waals surface area contributed by atoms with Crippen molar-refractivity contribution in [1.82, 2.24) is 5.32 Å². The predicted molar refractivity (Wildman–Crippen MR) is 84.0 cm³/mol. The minimum Gasteiger partial charge on any atom is -0.497 e. The van der Waals surface area contributed by atoms with Crippen LogP contribution in [0.1, 0.15) is 47.3 Å². The molecule has 2 nitrogen and oxygen atoms in total. The number of halogens is 1. The van der Waals surface area contributed by atoms with Crippen LogP contribution in [0.2, 0.25) is 0 Å². The Labute approximate surface area is 131 Å². The van der Waals surface area contributed by atoms with Crippen molar-refractivity contribution in [2.45, 2.75) is 50.0 Å². The number of benzene rings is 1. The Morgan fingerprint density at radius 2 is 2.30 bits per heavy atom. The number of rotatable bonds is 1. The minimum atomic E-state index is -2.37. The number of hydrogen-bond donors (Lipinski definition) is 1. The van der Waals surface area contributed by atoms with Gasteiger partial charge in [-0.15, -0.1) is 12.4 Å². The van der Waals surface area contributed by atoms with Crippen molar-refractivity contribution in [2.24, 2.45) is 5.92 Å². The molecule has 110 valence electrons. The maximum absolute atomic E-state index is 7.33. The molecule has 3 aliphatic rings. The van der Waals surface area contributed by atoms with Crippen LogP contribution in [-0.4, -0.2) is 19.6 Å². The molecule has 1 heterocycles. The Morgan fingerprint density at radius 1 is 1.35 bits per heavy atom. The van der Waals surface area contributed by atoms with Crippen LogP contribution < -0.4 is 10.1 Å². The van der Waals surface area contributed by atoms with Gasteiger partial charge in [-0.2, -0.15) is 0 Å². The first kappa shape index (κ1) is 10.9. The highest BCUT2D eigenvalue weighted by atomic mass is 35.5. The third-order valence-corrected chi connectivity index (χ3v) is 5.74. The summed E-state index contributed by atoms with van der Waals surface area (Å²) in [5, 5.41) is 3.72. The highest BCUT2D eigenvalue weighted by Gasteiger charge is 2.51. The van der Waals surface area contributed by atoms with Crippen LogP contribution in [0.25, 0.3) is 0 Å². The molecule has 2 fully saturated rings. The lowest BCUT2D eigenvalue weighted by Gasteiger charge is -2.56. The third kappa shape index (κ3) is 1.88. The summed E-state index contributed by atoms with van der Waals surface area (Å²) in [5.74, 6) is 1.19. The van der Waals surface area contributed by atoms with Crippen molar-refractivity contribution in [3.05, 3.63) is 29.3 Å². The lowest BCUT2D eigenvalue weighted by atomic mass is 9.53. The molecule has 2 aliphatic carbocycles. The molecule has 1 aromatic rings. The maximum Gasteiger partial charge on any atom is 0.119 e. The van der Waals surface area contributed by atoms with Gasteiger partial charge in [-0.1, -0.05) is 18.9 Å². The fourth-order valence-electron chi connectivity index (χ4n) is 4.97. The average molecular weight is 297 g/mol. The zero-order valence-electron chi connectivity index (χ0n) is 14.7. The number of piperidine rings is 1. The summed E-state index contributed by atoms with van der Waals surface area (Å²) < 4.78 is 27.2. The van der Waals surface area contributed by atoms with Crippen molar-refractivity contribution < 1.29 is 8.85 Å². The van der Waals surface area contributed by atoms with E-state index in [2.05, 4.69) is 11.4 Å². The standard InChI is InChI=1S/C17H23NO.ClH/c1-19-13-6-5-12-10-16-14-4-2-3-7-17(14,8-9-18-16)15(12)11-13;/h5-6,11,14,16,18H,2-4,7-10H2,1H3;1H/t14-,16+,17+;/m0./s1/i1D3;. The first-order valence-electron chi connectivity index (χ1n) is 9.04. The van der Waals surface area contributed by atoms with Crippen LogP contribution in [0.5, 0.6) is 5.75 Å². The molecule has 3 heteroatoms. The molecule has 0 unspecified atom stereocenters. The molecule has 1 saturated carbocycles. The zero-order chi connectivity index (χ0) is 15.4. The van der Waals surface area contributed by atoms with Gasteiger partial charge >= 0.3 is 0 Å². The normalized spacial score (nSPS) is 37.3. The molecule has 1 aliphatic heterocycles. The molecule has 1 saturated heterocycles. The number of fused-ring (bicyclic) bond motifs is 1. The lowest BCUT2D eigenvalue weighted by Crippen LogP contribution is -2.59. The van der Waals surface area contributed by atoms with Crippen molar-refractivity contribution >= 4 is 12.4 Å². The Balaban J connectivity index is 0.00000156. The van der Waals surface area contributed by atoms with E-state index < -0.39 is 7.04 Å². The molecule has 0 spiro atoms. The third-order valence-electron chi connectivity index (χ3n) is 5.74. The lowest BCUT2D eigenvalue weighted by molar-refractivity contribution is 0.0795. The van der Waals surface area contributed by atoms with E-state index in [1.54, 1.807) is 0 Å². The molecule has 1 aromatic carbocycles. The van der Waals surface area contributed by atoms with Crippen LogP contribution in [0, 0.1) is 5.92 Å². The van der Waals surface area contributed by atoms with Crippen LogP contribution >= 0.6 is 12.4 Å². The Kier molecular flexibility index (Phi) is 2.86. The topological polar surface area (TPSA) is 21.3 Å². The average Bonchev–Trinajstić information content (AvgIpc) is 2.46. The second-order valence-corrected chi connectivity index (χ2v) is 6.44. The second-order valence-electron chi connectivity index (χ2n) is 6.44. The molecular formula is C17H24ClNO. The monoisotopic (exact) mass is 296 g/mol. The van der Waals surface area contributed by atoms with Gasteiger partial charge in [0.2, 0.25) is 0 Å². The molecule has 0 amide bonds. The van der Waals surface area contributed by atoms with E-state index in [-0.39, 0.29) is 17.8 Å².